The van der Waals surface area contributed by atoms with Crippen LogP contribution in [0.3, 0.4) is 0 Å². The lowest BCUT2D eigenvalue weighted by molar-refractivity contribution is -0.140. The Kier molecular flexibility index (Phi) is 3.46. The molecule has 0 aromatic carbocycles. The average Bonchev–Trinajstić information content (AvgIpc) is 2.87. The van der Waals surface area contributed by atoms with Gasteiger partial charge in [0.05, 0.1) is 0 Å². The molecule has 1 fully saturated rings. The summed E-state index contributed by atoms with van der Waals surface area (Å²) in [5.41, 5.74) is 0. The largest absolute Gasteiger partial charge is 0.347 e. The third kappa shape index (κ3) is 3.17. The first-order valence-corrected chi connectivity index (χ1v) is 4.99. The Bertz CT molecular complexity index is 209. The summed E-state index contributed by atoms with van der Waals surface area (Å²) in [6.07, 6.45) is 3.81. The number of rotatable bonds is 5. The van der Waals surface area contributed by atoms with Gasteiger partial charge in [-0.05, 0) is 19.3 Å². The highest BCUT2D eigenvalue weighted by Crippen LogP contribution is 2.19. The number of hydrogen-bond acceptors (Lipinski definition) is 2. The van der Waals surface area contributed by atoms with E-state index in [9.17, 15) is 9.59 Å². The second kappa shape index (κ2) is 4.40. The van der Waals surface area contributed by atoms with E-state index in [1.807, 2.05) is 13.8 Å². The molecule has 0 bridgehead atoms. The molecule has 1 atom stereocenters. The van der Waals surface area contributed by atoms with E-state index in [1.165, 1.54) is 0 Å². The summed E-state index contributed by atoms with van der Waals surface area (Å²) in [4.78, 5) is 22.6. The highest BCUT2D eigenvalue weighted by atomic mass is 16.2. The molecule has 3 heteroatoms. The minimum Gasteiger partial charge on any atom is -0.347 e. The van der Waals surface area contributed by atoms with E-state index >= 15 is 0 Å². The van der Waals surface area contributed by atoms with Crippen molar-refractivity contribution in [2.24, 2.45) is 5.92 Å². The van der Waals surface area contributed by atoms with E-state index in [0.717, 1.165) is 25.7 Å². The molecule has 0 radical (unpaired) electrons. The van der Waals surface area contributed by atoms with Crippen molar-refractivity contribution < 1.29 is 9.59 Å². The van der Waals surface area contributed by atoms with Crippen LogP contribution in [0.5, 0.6) is 0 Å². The Morgan fingerprint density at radius 1 is 1.46 bits per heavy atom. The quantitative estimate of drug-likeness (QED) is 0.652. The van der Waals surface area contributed by atoms with Gasteiger partial charge in [-0.2, -0.15) is 0 Å². The van der Waals surface area contributed by atoms with E-state index in [0.29, 0.717) is 0 Å². The molecular weight excluding hydrogens is 166 g/mol. The summed E-state index contributed by atoms with van der Waals surface area (Å²) in [6.45, 7) is 3.83. The van der Waals surface area contributed by atoms with Crippen molar-refractivity contribution in [3.63, 3.8) is 0 Å². The van der Waals surface area contributed by atoms with Crippen LogP contribution in [-0.2, 0) is 9.59 Å². The van der Waals surface area contributed by atoms with Gasteiger partial charge in [0.25, 0.3) is 5.91 Å². The number of Topliss-reactive ketones (excluding diaryl/α,β-unsaturated/α-hetero) is 1. The Morgan fingerprint density at radius 2 is 2.08 bits per heavy atom. The number of ketones is 1. The summed E-state index contributed by atoms with van der Waals surface area (Å²) in [7, 11) is 0. The van der Waals surface area contributed by atoms with Gasteiger partial charge < -0.3 is 5.32 Å². The van der Waals surface area contributed by atoms with Crippen LogP contribution in [0.4, 0.5) is 0 Å². The fraction of sp³-hybridized carbons (Fsp3) is 0.800. The third-order valence-corrected chi connectivity index (χ3v) is 2.31. The maximum Gasteiger partial charge on any atom is 0.287 e. The molecule has 1 rings (SSSR count). The predicted molar refractivity (Wildman–Crippen MR) is 50.2 cm³/mol. The molecular formula is C10H17NO2. The zero-order valence-corrected chi connectivity index (χ0v) is 8.30. The second-order valence-electron chi connectivity index (χ2n) is 3.80. The van der Waals surface area contributed by atoms with Crippen molar-refractivity contribution in [2.45, 2.75) is 45.6 Å². The van der Waals surface area contributed by atoms with Gasteiger partial charge in [-0.25, -0.2) is 0 Å². The maximum absolute atomic E-state index is 11.4. The average molecular weight is 183 g/mol. The maximum atomic E-state index is 11.4. The van der Waals surface area contributed by atoms with Gasteiger partial charge in [0.1, 0.15) is 0 Å². The van der Waals surface area contributed by atoms with E-state index < -0.39 is 0 Å². The number of carbonyl (C=O) groups is 2. The predicted octanol–water partition coefficient (Wildman–Crippen LogP) is 1.27. The number of carbonyl (C=O) groups excluding carboxylic acids is 2. The standard InChI is InChI=1S/C10H17NO2/c1-3-4-7(2)9(12)10(13)11-8-5-6-8/h7-8H,3-6H2,1-2H3,(H,11,13). The molecule has 0 heterocycles. The van der Waals surface area contributed by atoms with Crippen LogP contribution in [0, 0.1) is 5.92 Å². The first kappa shape index (κ1) is 10.2. The van der Waals surface area contributed by atoms with Crippen molar-refractivity contribution in [2.75, 3.05) is 0 Å². The second-order valence-corrected chi connectivity index (χ2v) is 3.80. The van der Waals surface area contributed by atoms with Crippen molar-refractivity contribution in [1.82, 2.24) is 5.32 Å². The van der Waals surface area contributed by atoms with Gasteiger partial charge >= 0.3 is 0 Å². The molecule has 0 spiro atoms. The van der Waals surface area contributed by atoms with Crippen LogP contribution in [0.15, 0.2) is 0 Å². The Balaban J connectivity index is 2.31. The van der Waals surface area contributed by atoms with Crippen LogP contribution < -0.4 is 5.32 Å². The van der Waals surface area contributed by atoms with Crippen molar-refractivity contribution in [1.29, 1.82) is 0 Å². The Hall–Kier alpha value is -0.860. The van der Waals surface area contributed by atoms with Crippen LogP contribution in [-0.4, -0.2) is 17.7 Å². The summed E-state index contributed by atoms with van der Waals surface area (Å²) in [5, 5.41) is 2.70. The molecule has 1 unspecified atom stereocenters. The Labute approximate surface area is 78.9 Å². The smallest absolute Gasteiger partial charge is 0.287 e. The van der Waals surface area contributed by atoms with E-state index in [1.54, 1.807) is 0 Å². The van der Waals surface area contributed by atoms with E-state index in [2.05, 4.69) is 5.32 Å². The third-order valence-electron chi connectivity index (χ3n) is 2.31. The minimum absolute atomic E-state index is 0.122. The minimum atomic E-state index is -0.386. The van der Waals surface area contributed by atoms with Crippen LogP contribution in [0.25, 0.3) is 0 Å². The van der Waals surface area contributed by atoms with Crippen LogP contribution >= 0.6 is 0 Å². The number of hydrogen-bond donors (Lipinski definition) is 1. The van der Waals surface area contributed by atoms with Gasteiger partial charge in [0.15, 0.2) is 0 Å². The normalized spacial score (nSPS) is 18.0. The highest BCUT2D eigenvalue weighted by Gasteiger charge is 2.28. The van der Waals surface area contributed by atoms with Crippen molar-refractivity contribution in [3.05, 3.63) is 0 Å². The molecule has 1 N–H and O–H groups in total. The lowest BCUT2D eigenvalue weighted by Crippen LogP contribution is -2.35. The molecule has 0 aliphatic heterocycles. The zero-order chi connectivity index (χ0) is 9.84. The first-order chi connectivity index (χ1) is 6.15. The molecule has 3 nitrogen and oxygen atoms in total. The lowest BCUT2D eigenvalue weighted by Gasteiger charge is -2.08. The summed E-state index contributed by atoms with van der Waals surface area (Å²) >= 11 is 0. The lowest BCUT2D eigenvalue weighted by atomic mass is 10.0. The van der Waals surface area contributed by atoms with E-state index in [-0.39, 0.29) is 23.7 Å². The van der Waals surface area contributed by atoms with Gasteiger partial charge in [-0.1, -0.05) is 20.3 Å². The van der Waals surface area contributed by atoms with Crippen LogP contribution in [0.2, 0.25) is 0 Å². The highest BCUT2D eigenvalue weighted by molar-refractivity contribution is 6.36. The molecule has 0 saturated heterocycles. The van der Waals surface area contributed by atoms with E-state index in [4.69, 9.17) is 0 Å². The molecule has 1 saturated carbocycles. The van der Waals surface area contributed by atoms with Crippen molar-refractivity contribution >= 4 is 11.7 Å². The molecule has 13 heavy (non-hydrogen) atoms. The molecule has 74 valence electrons. The molecule has 1 aliphatic carbocycles. The fourth-order valence-electron chi connectivity index (χ4n) is 1.27. The van der Waals surface area contributed by atoms with Gasteiger partial charge in [-0.3, -0.25) is 9.59 Å². The molecule has 0 aromatic rings. The monoisotopic (exact) mass is 183 g/mol. The summed E-state index contributed by atoms with van der Waals surface area (Å²) < 4.78 is 0. The first-order valence-electron chi connectivity index (χ1n) is 4.99. The van der Waals surface area contributed by atoms with Gasteiger partial charge in [-0.15, -0.1) is 0 Å². The fourth-order valence-corrected chi connectivity index (χ4v) is 1.27. The van der Waals surface area contributed by atoms with Crippen molar-refractivity contribution in [3.8, 4) is 0 Å². The topological polar surface area (TPSA) is 46.2 Å². The SMILES string of the molecule is CCCC(C)C(=O)C(=O)NC1CC1. The number of amides is 1. The van der Waals surface area contributed by atoms with Crippen LogP contribution in [0.1, 0.15) is 39.5 Å². The summed E-state index contributed by atoms with van der Waals surface area (Å²) in [6, 6.07) is 0.283. The molecule has 1 aliphatic rings. The molecule has 0 aromatic heterocycles. The zero-order valence-electron chi connectivity index (χ0n) is 8.30. The van der Waals surface area contributed by atoms with Gasteiger partial charge in [0, 0.05) is 12.0 Å². The number of nitrogens with one attached hydrogen (secondary N) is 1. The molecule has 1 amide bonds. The van der Waals surface area contributed by atoms with Gasteiger partial charge in [0.2, 0.25) is 5.78 Å². The summed E-state index contributed by atoms with van der Waals surface area (Å²) in [5.74, 6) is -0.763. The Morgan fingerprint density at radius 3 is 2.54 bits per heavy atom.